The minimum atomic E-state index is -0.661. The Morgan fingerprint density at radius 2 is 2.12 bits per heavy atom. The average Bonchev–Trinajstić information content (AvgIpc) is 2.72. The lowest BCUT2D eigenvalue weighted by molar-refractivity contribution is 0.182. The van der Waals surface area contributed by atoms with Crippen LogP contribution in [0.2, 0.25) is 5.02 Å². The Balaban J connectivity index is 2.18. The van der Waals surface area contributed by atoms with Gasteiger partial charge in [-0.15, -0.1) is 11.3 Å². The summed E-state index contributed by atoms with van der Waals surface area (Å²) in [4.78, 5) is 0.831. The summed E-state index contributed by atoms with van der Waals surface area (Å²) in [6, 6.07) is 8.33. The largest absolute Gasteiger partial charge is 0.387 e. The first-order chi connectivity index (χ1) is 8.08. The second kappa shape index (κ2) is 5.48. The number of benzene rings is 1. The van der Waals surface area contributed by atoms with E-state index in [0.29, 0.717) is 12.0 Å². The van der Waals surface area contributed by atoms with Gasteiger partial charge >= 0.3 is 0 Å². The van der Waals surface area contributed by atoms with Gasteiger partial charge in [0.1, 0.15) is 5.82 Å². The van der Waals surface area contributed by atoms with E-state index >= 15 is 0 Å². The van der Waals surface area contributed by atoms with Crippen LogP contribution in [-0.4, -0.2) is 5.11 Å². The molecular weight excluding hydrogens is 327 g/mol. The standard InChI is InChI=1S/C12H9BrClFOS/c13-11-5-4-10(17-11)9(16)6-7-2-1-3-8(15)12(7)14/h1-5,9,16H,6H2. The Morgan fingerprint density at radius 3 is 2.76 bits per heavy atom. The molecule has 0 fully saturated rings. The van der Waals surface area contributed by atoms with Crippen LogP contribution in [0, 0.1) is 5.82 Å². The summed E-state index contributed by atoms with van der Waals surface area (Å²) in [5, 5.41) is 10.1. The third-order valence-electron chi connectivity index (χ3n) is 2.37. The molecule has 1 atom stereocenters. The van der Waals surface area contributed by atoms with Crippen LogP contribution in [0.15, 0.2) is 34.1 Å². The van der Waals surface area contributed by atoms with Crippen molar-refractivity contribution < 1.29 is 9.50 Å². The lowest BCUT2D eigenvalue weighted by atomic mass is 10.1. The normalized spacial score (nSPS) is 12.7. The van der Waals surface area contributed by atoms with Crippen LogP contribution >= 0.6 is 38.9 Å². The van der Waals surface area contributed by atoms with Crippen molar-refractivity contribution >= 4 is 38.9 Å². The number of thiophene rings is 1. The Bertz CT molecular complexity index is 529. The summed E-state index contributed by atoms with van der Waals surface area (Å²) in [6.07, 6.45) is -0.352. The summed E-state index contributed by atoms with van der Waals surface area (Å²) < 4.78 is 14.2. The Labute approximate surface area is 116 Å². The quantitative estimate of drug-likeness (QED) is 0.870. The third-order valence-corrected chi connectivity index (χ3v) is 4.52. The molecule has 2 aromatic rings. The van der Waals surface area contributed by atoms with E-state index in [0.717, 1.165) is 8.66 Å². The highest BCUT2D eigenvalue weighted by Gasteiger charge is 2.14. The van der Waals surface area contributed by atoms with Gasteiger partial charge in [-0.1, -0.05) is 23.7 Å². The van der Waals surface area contributed by atoms with Crippen LogP contribution in [0.1, 0.15) is 16.5 Å². The molecule has 1 nitrogen and oxygen atoms in total. The summed E-state index contributed by atoms with van der Waals surface area (Å²) in [7, 11) is 0. The predicted octanol–water partition coefficient (Wildman–Crippen LogP) is 4.58. The Morgan fingerprint density at radius 1 is 1.35 bits per heavy atom. The monoisotopic (exact) mass is 334 g/mol. The SMILES string of the molecule is OC(Cc1cccc(F)c1Cl)c1ccc(Br)s1. The van der Waals surface area contributed by atoms with Crippen LogP contribution in [0.25, 0.3) is 0 Å². The number of hydrogen-bond donors (Lipinski definition) is 1. The molecule has 0 bridgehead atoms. The van der Waals surface area contributed by atoms with E-state index in [1.54, 1.807) is 12.1 Å². The van der Waals surface area contributed by atoms with Crippen molar-refractivity contribution in [3.05, 3.63) is 55.4 Å². The number of aliphatic hydroxyl groups is 1. The first-order valence-corrected chi connectivity index (χ1v) is 6.93. The van der Waals surface area contributed by atoms with E-state index in [1.807, 2.05) is 12.1 Å². The topological polar surface area (TPSA) is 20.2 Å². The zero-order chi connectivity index (χ0) is 12.4. The van der Waals surface area contributed by atoms with Gasteiger partial charge < -0.3 is 5.11 Å². The molecule has 0 aliphatic rings. The fourth-order valence-electron chi connectivity index (χ4n) is 1.52. The van der Waals surface area contributed by atoms with Crippen LogP contribution in [-0.2, 0) is 6.42 Å². The van der Waals surface area contributed by atoms with E-state index < -0.39 is 11.9 Å². The molecule has 0 spiro atoms. The lowest BCUT2D eigenvalue weighted by Gasteiger charge is -2.10. The number of aliphatic hydroxyl groups excluding tert-OH is 1. The average molecular weight is 336 g/mol. The first kappa shape index (κ1) is 13.0. The van der Waals surface area contributed by atoms with Crippen molar-refractivity contribution in [1.82, 2.24) is 0 Å². The number of halogens is 3. The minimum Gasteiger partial charge on any atom is -0.387 e. The molecule has 0 aliphatic carbocycles. The highest BCUT2D eigenvalue weighted by molar-refractivity contribution is 9.11. The highest BCUT2D eigenvalue weighted by atomic mass is 79.9. The fourth-order valence-corrected chi connectivity index (χ4v) is 3.14. The summed E-state index contributed by atoms with van der Waals surface area (Å²) in [6.45, 7) is 0. The van der Waals surface area contributed by atoms with Crippen LogP contribution < -0.4 is 0 Å². The van der Waals surface area contributed by atoms with Gasteiger partial charge in [-0.05, 0) is 39.7 Å². The van der Waals surface area contributed by atoms with Crippen molar-refractivity contribution in [2.75, 3.05) is 0 Å². The van der Waals surface area contributed by atoms with E-state index in [2.05, 4.69) is 15.9 Å². The molecule has 1 N–H and O–H groups in total. The van der Waals surface area contributed by atoms with Crippen molar-refractivity contribution in [2.24, 2.45) is 0 Å². The van der Waals surface area contributed by atoms with Crippen LogP contribution in [0.4, 0.5) is 4.39 Å². The van der Waals surface area contributed by atoms with Gasteiger partial charge in [0.05, 0.1) is 14.9 Å². The van der Waals surface area contributed by atoms with E-state index in [1.165, 1.54) is 17.4 Å². The molecule has 1 aromatic carbocycles. The fraction of sp³-hybridized carbons (Fsp3) is 0.167. The van der Waals surface area contributed by atoms with Gasteiger partial charge in [0.2, 0.25) is 0 Å². The number of rotatable bonds is 3. The maximum absolute atomic E-state index is 13.2. The van der Waals surface area contributed by atoms with Crippen molar-refractivity contribution in [1.29, 1.82) is 0 Å². The molecule has 1 heterocycles. The Hall–Kier alpha value is -0.420. The van der Waals surface area contributed by atoms with Crippen molar-refractivity contribution in [3.8, 4) is 0 Å². The van der Waals surface area contributed by atoms with Crippen molar-refractivity contribution in [2.45, 2.75) is 12.5 Å². The van der Waals surface area contributed by atoms with E-state index in [-0.39, 0.29) is 5.02 Å². The van der Waals surface area contributed by atoms with Gasteiger partial charge in [-0.25, -0.2) is 4.39 Å². The maximum atomic E-state index is 13.2. The predicted molar refractivity (Wildman–Crippen MR) is 72.1 cm³/mol. The van der Waals surface area contributed by atoms with Gasteiger partial charge in [-0.3, -0.25) is 0 Å². The molecule has 1 unspecified atom stereocenters. The molecule has 0 aliphatic heterocycles. The van der Waals surface area contributed by atoms with Crippen LogP contribution in [0.3, 0.4) is 0 Å². The first-order valence-electron chi connectivity index (χ1n) is 4.94. The summed E-state index contributed by atoms with van der Waals surface area (Å²) >= 11 is 10.6. The maximum Gasteiger partial charge on any atom is 0.142 e. The van der Waals surface area contributed by atoms with Gasteiger partial charge in [0, 0.05) is 11.3 Å². The summed E-state index contributed by atoms with van der Waals surface area (Å²) in [5.74, 6) is -0.455. The molecule has 0 radical (unpaired) electrons. The van der Waals surface area contributed by atoms with Gasteiger partial charge in [0.15, 0.2) is 0 Å². The molecule has 0 amide bonds. The van der Waals surface area contributed by atoms with E-state index in [9.17, 15) is 9.50 Å². The smallest absolute Gasteiger partial charge is 0.142 e. The Kier molecular flexibility index (Phi) is 4.20. The van der Waals surface area contributed by atoms with Gasteiger partial charge in [0.25, 0.3) is 0 Å². The van der Waals surface area contributed by atoms with Gasteiger partial charge in [-0.2, -0.15) is 0 Å². The molecule has 0 saturated heterocycles. The highest BCUT2D eigenvalue weighted by Crippen LogP contribution is 2.31. The molecule has 17 heavy (non-hydrogen) atoms. The molecule has 2 rings (SSSR count). The summed E-state index contributed by atoms with van der Waals surface area (Å²) in [5.41, 5.74) is 0.615. The van der Waals surface area contributed by atoms with E-state index in [4.69, 9.17) is 11.6 Å². The minimum absolute atomic E-state index is 0.0853. The second-order valence-electron chi connectivity index (χ2n) is 3.57. The zero-order valence-electron chi connectivity index (χ0n) is 8.66. The molecule has 90 valence electrons. The third kappa shape index (κ3) is 3.07. The molecule has 1 aromatic heterocycles. The molecule has 5 heteroatoms. The molecular formula is C12H9BrClFOS. The lowest BCUT2D eigenvalue weighted by Crippen LogP contribution is -2.00. The zero-order valence-corrected chi connectivity index (χ0v) is 11.8. The number of hydrogen-bond acceptors (Lipinski definition) is 2. The molecule has 0 saturated carbocycles. The van der Waals surface area contributed by atoms with Crippen LogP contribution in [0.5, 0.6) is 0 Å². The second-order valence-corrected chi connectivity index (χ2v) is 6.45. The van der Waals surface area contributed by atoms with Crippen molar-refractivity contribution in [3.63, 3.8) is 0 Å².